The van der Waals surface area contributed by atoms with E-state index in [1.807, 2.05) is 78.9 Å². The molecule has 340 valence electrons. The van der Waals surface area contributed by atoms with Crippen LogP contribution in [0.25, 0.3) is 27.1 Å². The standard InChI is InChI=1S/C48H55N4O2.2C4H8O.Y/c1-45(2,3)32-24-31(43(53)35(26-32)47(7,8)9)28-50-37-19-13-17-30-21-22-39(51-41(30)37)42(52-38-20-14-16-29-18-15-23-49-40(29)38)34-25-33(46(4,5)6)27-36(44(34)54)48(10,11)12;2*1-2-4-5-3-1;/h13-28,42,54H,1-12H3,(H,50,53);2*1-4H2;/q-1;;;+3/p-2/t42-;;;/m0.../s1. The number of hydrogen-bond acceptors (Lipinski definition) is 7. The first kappa shape index (κ1) is 51.8. The summed E-state index contributed by atoms with van der Waals surface area (Å²) in [7, 11) is 0. The van der Waals surface area contributed by atoms with E-state index in [1.165, 1.54) is 25.7 Å². The number of hydrogen-bond donors (Lipinski definition) is 0. The molecule has 9 heteroatoms. The third kappa shape index (κ3) is 13.2. The Bertz CT molecular complexity index is 2540. The molecule has 4 heterocycles. The van der Waals surface area contributed by atoms with Crippen LogP contribution in [0.5, 0.6) is 11.5 Å². The minimum absolute atomic E-state index is 0. The van der Waals surface area contributed by atoms with E-state index in [2.05, 4.69) is 94.1 Å². The zero-order chi connectivity index (χ0) is 46.5. The summed E-state index contributed by atoms with van der Waals surface area (Å²) >= 11 is 0. The Labute approximate surface area is 414 Å². The zero-order valence-corrected chi connectivity index (χ0v) is 43.8. The normalized spacial score (nSPS) is 15.0. The van der Waals surface area contributed by atoms with Crippen LogP contribution in [0.4, 0.5) is 11.4 Å². The van der Waals surface area contributed by atoms with Crippen molar-refractivity contribution in [1.29, 1.82) is 0 Å². The van der Waals surface area contributed by atoms with E-state index >= 15 is 0 Å². The first-order chi connectivity index (χ1) is 30.1. The monoisotopic (exact) mass is 950 g/mol. The molecule has 2 fully saturated rings. The van der Waals surface area contributed by atoms with Crippen LogP contribution in [0, 0.1) is 0 Å². The predicted molar refractivity (Wildman–Crippen MR) is 262 cm³/mol. The first-order valence-corrected chi connectivity index (χ1v) is 23.0. The smallest absolute Gasteiger partial charge is 0.872 e. The molecule has 2 aliphatic rings. The molecule has 2 aliphatic heterocycles. The molecule has 0 N–H and O–H groups in total. The number of benzene rings is 4. The Kier molecular flexibility index (Phi) is 17.2. The topological polar surface area (TPSA) is 117 Å². The van der Waals surface area contributed by atoms with Crippen molar-refractivity contribution in [2.75, 3.05) is 26.4 Å². The number of fused-ring (bicyclic) bond motifs is 2. The van der Waals surface area contributed by atoms with Crippen LogP contribution in [0.15, 0.2) is 96.1 Å². The molecule has 2 saturated heterocycles. The Morgan fingerprint density at radius 1 is 0.600 bits per heavy atom. The van der Waals surface area contributed by atoms with Gasteiger partial charge in [0.15, 0.2) is 0 Å². The number of ether oxygens (including phenoxy) is 2. The van der Waals surface area contributed by atoms with Crippen molar-refractivity contribution in [2.45, 2.75) is 136 Å². The van der Waals surface area contributed by atoms with Crippen molar-refractivity contribution < 1.29 is 52.4 Å². The largest absolute Gasteiger partial charge is 3.00 e. The SMILES string of the molecule is C1CCOC1.C1CCOC1.CC(C)(C)c1cc(C=Nc2cccc3ccc([C@@H]([N-]c4cccc5cccnc45)c4cc(C(C)(C)C)cc(C(C)(C)C)c4[O-])nc23)c([O-])c(C(C)(C)C)c1.[Y+3]. The van der Waals surface area contributed by atoms with Gasteiger partial charge in [-0.05, 0) is 105 Å². The number of nitrogens with zero attached hydrogens (tertiary/aromatic N) is 4. The van der Waals surface area contributed by atoms with Gasteiger partial charge < -0.3 is 25.0 Å². The number of aliphatic imine (C=N–C) groups is 1. The van der Waals surface area contributed by atoms with E-state index in [9.17, 15) is 10.2 Å². The molecule has 8 nitrogen and oxygen atoms in total. The second-order valence-corrected chi connectivity index (χ2v) is 21.3. The summed E-state index contributed by atoms with van der Waals surface area (Å²) in [6.07, 6.45) is 8.55. The van der Waals surface area contributed by atoms with Gasteiger partial charge in [0, 0.05) is 49.9 Å². The summed E-state index contributed by atoms with van der Waals surface area (Å²) in [5.41, 5.74) is 7.02. The molecule has 0 aliphatic carbocycles. The molecule has 0 saturated carbocycles. The summed E-state index contributed by atoms with van der Waals surface area (Å²) in [4.78, 5) is 14.9. The van der Waals surface area contributed by atoms with E-state index in [0.717, 1.165) is 65.0 Å². The maximum absolute atomic E-state index is 14.6. The van der Waals surface area contributed by atoms with Crippen LogP contribution in [-0.4, -0.2) is 42.6 Å². The molecule has 0 amide bonds. The summed E-state index contributed by atoms with van der Waals surface area (Å²) in [6.45, 7) is 29.4. The fourth-order valence-electron chi connectivity index (χ4n) is 7.77. The maximum Gasteiger partial charge on any atom is 3.00 e. The molecular formula is C56H69N4O4Y. The van der Waals surface area contributed by atoms with Gasteiger partial charge in [-0.3, -0.25) is 15.0 Å². The van der Waals surface area contributed by atoms with Gasteiger partial charge in [0.1, 0.15) is 0 Å². The van der Waals surface area contributed by atoms with Gasteiger partial charge in [-0.2, -0.15) is 0 Å². The average Bonchev–Trinajstić information content (AvgIpc) is 4.02. The van der Waals surface area contributed by atoms with Crippen molar-refractivity contribution in [3.8, 4) is 11.5 Å². The average molecular weight is 951 g/mol. The van der Waals surface area contributed by atoms with Gasteiger partial charge in [-0.1, -0.05) is 161 Å². The molecule has 8 rings (SSSR count). The number of para-hydroxylation sites is 2. The minimum Gasteiger partial charge on any atom is -0.872 e. The van der Waals surface area contributed by atoms with Gasteiger partial charge in [0.25, 0.3) is 0 Å². The van der Waals surface area contributed by atoms with Crippen LogP contribution < -0.4 is 10.2 Å². The molecule has 0 radical (unpaired) electrons. The van der Waals surface area contributed by atoms with Crippen LogP contribution in [0.2, 0.25) is 0 Å². The van der Waals surface area contributed by atoms with Crippen molar-refractivity contribution >= 4 is 39.4 Å². The van der Waals surface area contributed by atoms with E-state index < -0.39 is 11.5 Å². The Hall–Kier alpha value is -4.21. The zero-order valence-electron chi connectivity index (χ0n) is 41.0. The molecule has 0 unspecified atom stereocenters. The fraction of sp³-hybridized carbons (Fsp3) is 0.446. The second kappa shape index (κ2) is 21.6. The Morgan fingerprint density at radius 3 is 1.66 bits per heavy atom. The van der Waals surface area contributed by atoms with Gasteiger partial charge in [0.05, 0.1) is 16.7 Å². The molecule has 4 aromatic carbocycles. The quantitative estimate of drug-likeness (QED) is 0.154. The van der Waals surface area contributed by atoms with E-state index in [4.69, 9.17) is 24.8 Å². The number of aromatic nitrogens is 2. The predicted octanol–water partition coefficient (Wildman–Crippen LogP) is 13.3. The summed E-state index contributed by atoms with van der Waals surface area (Å²) in [6, 6.07) is 27.0. The third-order valence-electron chi connectivity index (χ3n) is 11.8. The summed E-state index contributed by atoms with van der Waals surface area (Å²) < 4.78 is 9.89. The van der Waals surface area contributed by atoms with E-state index in [0.29, 0.717) is 33.7 Å². The Morgan fingerprint density at radius 2 is 1.12 bits per heavy atom. The maximum atomic E-state index is 14.6. The summed E-state index contributed by atoms with van der Waals surface area (Å²) in [5, 5.41) is 35.6. The minimum atomic E-state index is -0.735. The second-order valence-electron chi connectivity index (χ2n) is 21.3. The molecule has 0 bridgehead atoms. The van der Waals surface area contributed by atoms with Crippen LogP contribution in [0.1, 0.15) is 154 Å². The van der Waals surface area contributed by atoms with Gasteiger partial charge in [-0.25, -0.2) is 0 Å². The summed E-state index contributed by atoms with van der Waals surface area (Å²) in [5.74, 6) is -0.0611. The first-order valence-electron chi connectivity index (χ1n) is 23.0. The van der Waals surface area contributed by atoms with Crippen molar-refractivity contribution in [1.82, 2.24) is 9.97 Å². The molecule has 6 aromatic rings. The number of pyridine rings is 2. The Balaban J connectivity index is 0.000000636. The van der Waals surface area contributed by atoms with Gasteiger partial charge in [-0.15, -0.1) is 11.4 Å². The molecule has 65 heavy (non-hydrogen) atoms. The van der Waals surface area contributed by atoms with Crippen LogP contribution in [0.3, 0.4) is 0 Å². The molecule has 0 spiro atoms. The van der Waals surface area contributed by atoms with Gasteiger partial charge >= 0.3 is 32.7 Å². The number of rotatable bonds is 6. The molecule has 1 atom stereocenters. The van der Waals surface area contributed by atoms with Crippen molar-refractivity contribution in [2.24, 2.45) is 4.99 Å². The van der Waals surface area contributed by atoms with Crippen molar-refractivity contribution in [3.05, 3.63) is 136 Å². The van der Waals surface area contributed by atoms with Crippen molar-refractivity contribution in [3.63, 3.8) is 0 Å². The van der Waals surface area contributed by atoms with Gasteiger partial charge in [0.2, 0.25) is 0 Å². The van der Waals surface area contributed by atoms with E-state index in [-0.39, 0.29) is 60.5 Å². The van der Waals surface area contributed by atoms with E-state index in [1.54, 1.807) is 12.4 Å². The molecule has 2 aromatic heterocycles. The van der Waals surface area contributed by atoms with Crippen LogP contribution in [-0.2, 0) is 63.8 Å². The molecular weight excluding hydrogens is 882 g/mol. The fourth-order valence-corrected chi connectivity index (χ4v) is 7.77. The van der Waals surface area contributed by atoms with Crippen LogP contribution >= 0.6 is 0 Å². The third-order valence-corrected chi connectivity index (χ3v) is 11.8.